The lowest BCUT2D eigenvalue weighted by molar-refractivity contribution is -0.124. The van der Waals surface area contributed by atoms with Crippen molar-refractivity contribution in [3.63, 3.8) is 0 Å². The second-order valence-corrected chi connectivity index (χ2v) is 5.17. The number of carbonyl (C=O) groups excluding carboxylic acids is 2. The van der Waals surface area contributed by atoms with E-state index in [-0.39, 0.29) is 17.2 Å². The van der Waals surface area contributed by atoms with Gasteiger partial charge >= 0.3 is 0 Å². The molecule has 0 aliphatic carbocycles. The molecule has 1 fully saturated rings. The first-order valence-corrected chi connectivity index (χ1v) is 6.95. The van der Waals surface area contributed by atoms with Gasteiger partial charge in [0.1, 0.15) is 0 Å². The van der Waals surface area contributed by atoms with E-state index in [0.717, 1.165) is 31.6 Å². The fourth-order valence-corrected chi connectivity index (χ4v) is 2.51. The molecule has 1 aromatic carbocycles. The average Bonchev–Trinajstić information content (AvgIpc) is 2.97. The van der Waals surface area contributed by atoms with Crippen LogP contribution < -0.4 is 16.0 Å². The van der Waals surface area contributed by atoms with Gasteiger partial charge in [-0.3, -0.25) is 9.59 Å². The van der Waals surface area contributed by atoms with Crippen LogP contribution in [0.3, 0.4) is 0 Å². The number of amides is 2. The molecule has 1 saturated heterocycles. The molecule has 1 aliphatic heterocycles. The van der Waals surface area contributed by atoms with Gasteiger partial charge in [0.2, 0.25) is 5.91 Å². The quantitative estimate of drug-likeness (QED) is 0.777. The Morgan fingerprint density at radius 2 is 2.00 bits per heavy atom. The van der Waals surface area contributed by atoms with E-state index in [2.05, 4.69) is 16.0 Å². The highest BCUT2D eigenvalue weighted by Crippen LogP contribution is 2.30. The van der Waals surface area contributed by atoms with Crippen LogP contribution in [0.15, 0.2) is 24.3 Å². The maximum Gasteiger partial charge on any atom is 0.251 e. The molecular formula is C15H21N3O2. The van der Waals surface area contributed by atoms with Crippen molar-refractivity contribution in [2.75, 3.05) is 25.5 Å². The average molecular weight is 275 g/mol. The molecule has 0 saturated carbocycles. The standard InChI is InChI=1S/C15H21N3O2/c1-3-15(8-9-17-10-15)14(20)18-12-6-4-11(5-7-12)13(19)16-2/h4-7,17H,3,8-10H2,1-2H3,(H,16,19)(H,18,20). The molecule has 1 aromatic rings. The Bertz CT molecular complexity index is 490. The minimum Gasteiger partial charge on any atom is -0.355 e. The van der Waals surface area contributed by atoms with Crippen LogP contribution in [-0.4, -0.2) is 32.0 Å². The summed E-state index contributed by atoms with van der Waals surface area (Å²) in [5, 5.41) is 8.76. The van der Waals surface area contributed by atoms with Crippen molar-refractivity contribution in [1.29, 1.82) is 0 Å². The Balaban J connectivity index is 2.06. The van der Waals surface area contributed by atoms with Gasteiger partial charge in [-0.1, -0.05) is 6.92 Å². The maximum atomic E-state index is 12.4. The van der Waals surface area contributed by atoms with E-state index in [1.165, 1.54) is 0 Å². The van der Waals surface area contributed by atoms with Gasteiger partial charge < -0.3 is 16.0 Å². The molecule has 0 bridgehead atoms. The van der Waals surface area contributed by atoms with Crippen LogP contribution in [0.25, 0.3) is 0 Å². The van der Waals surface area contributed by atoms with Gasteiger partial charge in [0.05, 0.1) is 5.41 Å². The maximum absolute atomic E-state index is 12.4. The summed E-state index contributed by atoms with van der Waals surface area (Å²) < 4.78 is 0. The fourth-order valence-electron chi connectivity index (χ4n) is 2.51. The minimum atomic E-state index is -0.306. The van der Waals surface area contributed by atoms with Crippen molar-refractivity contribution in [2.24, 2.45) is 5.41 Å². The Morgan fingerprint density at radius 3 is 2.50 bits per heavy atom. The van der Waals surface area contributed by atoms with Crippen LogP contribution >= 0.6 is 0 Å². The van der Waals surface area contributed by atoms with Gasteiger partial charge in [0.15, 0.2) is 0 Å². The van der Waals surface area contributed by atoms with Crippen molar-refractivity contribution in [1.82, 2.24) is 10.6 Å². The third-order valence-electron chi connectivity index (χ3n) is 4.03. The number of anilines is 1. The molecule has 3 N–H and O–H groups in total. The molecule has 108 valence electrons. The Kier molecular flexibility index (Phi) is 4.39. The van der Waals surface area contributed by atoms with E-state index < -0.39 is 0 Å². The van der Waals surface area contributed by atoms with E-state index in [1.807, 2.05) is 6.92 Å². The highest BCUT2D eigenvalue weighted by molar-refractivity contribution is 5.97. The number of nitrogens with one attached hydrogen (secondary N) is 3. The largest absolute Gasteiger partial charge is 0.355 e. The molecule has 0 spiro atoms. The SMILES string of the molecule is CCC1(C(=O)Nc2ccc(C(=O)NC)cc2)CCNC1. The molecule has 20 heavy (non-hydrogen) atoms. The Hall–Kier alpha value is -1.88. The number of hydrogen-bond acceptors (Lipinski definition) is 3. The molecule has 1 aliphatic rings. The van der Waals surface area contributed by atoms with Gasteiger partial charge in [-0.2, -0.15) is 0 Å². The summed E-state index contributed by atoms with van der Waals surface area (Å²) in [5.74, 6) is -0.0782. The van der Waals surface area contributed by atoms with Crippen LogP contribution in [0.1, 0.15) is 30.1 Å². The van der Waals surface area contributed by atoms with Crippen molar-refractivity contribution in [3.8, 4) is 0 Å². The predicted octanol–water partition coefficient (Wildman–Crippen LogP) is 1.37. The Labute approximate surface area is 119 Å². The van der Waals surface area contributed by atoms with Crippen molar-refractivity contribution in [2.45, 2.75) is 19.8 Å². The smallest absolute Gasteiger partial charge is 0.251 e. The molecule has 1 unspecified atom stereocenters. The fraction of sp³-hybridized carbons (Fsp3) is 0.467. The van der Waals surface area contributed by atoms with E-state index in [4.69, 9.17) is 0 Å². The first-order chi connectivity index (χ1) is 9.61. The third kappa shape index (κ3) is 2.82. The molecule has 1 heterocycles. The second-order valence-electron chi connectivity index (χ2n) is 5.17. The van der Waals surface area contributed by atoms with Gasteiger partial charge in [-0.15, -0.1) is 0 Å². The topological polar surface area (TPSA) is 70.2 Å². The zero-order valence-electron chi connectivity index (χ0n) is 12.0. The Morgan fingerprint density at radius 1 is 1.30 bits per heavy atom. The van der Waals surface area contributed by atoms with Crippen LogP contribution in [0.5, 0.6) is 0 Å². The highest BCUT2D eigenvalue weighted by Gasteiger charge is 2.39. The summed E-state index contributed by atoms with van der Waals surface area (Å²) in [6.07, 6.45) is 1.69. The van der Waals surface area contributed by atoms with Crippen molar-refractivity contribution in [3.05, 3.63) is 29.8 Å². The van der Waals surface area contributed by atoms with E-state index in [1.54, 1.807) is 31.3 Å². The van der Waals surface area contributed by atoms with E-state index in [9.17, 15) is 9.59 Å². The molecule has 5 heteroatoms. The van der Waals surface area contributed by atoms with Gasteiger partial charge in [-0.05, 0) is 43.7 Å². The van der Waals surface area contributed by atoms with Gasteiger partial charge in [0.25, 0.3) is 5.91 Å². The lowest BCUT2D eigenvalue weighted by atomic mass is 9.83. The summed E-state index contributed by atoms with van der Waals surface area (Å²) >= 11 is 0. The van der Waals surface area contributed by atoms with Crippen LogP contribution in [0.2, 0.25) is 0 Å². The molecule has 1 atom stereocenters. The summed E-state index contributed by atoms with van der Waals surface area (Å²) in [6.45, 7) is 3.66. The van der Waals surface area contributed by atoms with E-state index >= 15 is 0 Å². The summed E-state index contributed by atoms with van der Waals surface area (Å²) in [4.78, 5) is 23.9. The first-order valence-electron chi connectivity index (χ1n) is 6.95. The third-order valence-corrected chi connectivity index (χ3v) is 4.03. The van der Waals surface area contributed by atoms with Gasteiger partial charge in [0, 0.05) is 24.8 Å². The normalized spacial score (nSPS) is 21.5. The highest BCUT2D eigenvalue weighted by atomic mass is 16.2. The van der Waals surface area contributed by atoms with E-state index in [0.29, 0.717) is 5.56 Å². The molecule has 0 aromatic heterocycles. The first kappa shape index (κ1) is 14.5. The van der Waals surface area contributed by atoms with Crippen LogP contribution in [0, 0.1) is 5.41 Å². The zero-order chi connectivity index (χ0) is 14.6. The monoisotopic (exact) mass is 275 g/mol. The number of carbonyl (C=O) groups is 2. The molecule has 2 amide bonds. The molecule has 2 rings (SSSR count). The second kappa shape index (κ2) is 6.05. The van der Waals surface area contributed by atoms with Crippen LogP contribution in [-0.2, 0) is 4.79 Å². The van der Waals surface area contributed by atoms with Crippen molar-refractivity contribution < 1.29 is 9.59 Å². The molecule has 5 nitrogen and oxygen atoms in total. The zero-order valence-corrected chi connectivity index (χ0v) is 12.0. The molecular weight excluding hydrogens is 254 g/mol. The number of hydrogen-bond donors (Lipinski definition) is 3. The van der Waals surface area contributed by atoms with Crippen LogP contribution in [0.4, 0.5) is 5.69 Å². The lowest BCUT2D eigenvalue weighted by Gasteiger charge is -2.25. The predicted molar refractivity (Wildman–Crippen MR) is 78.7 cm³/mol. The van der Waals surface area contributed by atoms with Crippen molar-refractivity contribution >= 4 is 17.5 Å². The summed E-state index contributed by atoms with van der Waals surface area (Å²) in [7, 11) is 1.59. The molecule has 0 radical (unpaired) electrons. The number of benzene rings is 1. The number of rotatable bonds is 4. The summed E-state index contributed by atoms with van der Waals surface area (Å²) in [5.41, 5.74) is 1.00. The summed E-state index contributed by atoms with van der Waals surface area (Å²) in [6, 6.07) is 6.93. The minimum absolute atomic E-state index is 0.0534. The lowest BCUT2D eigenvalue weighted by Crippen LogP contribution is -2.37. The van der Waals surface area contributed by atoms with Gasteiger partial charge in [-0.25, -0.2) is 0 Å².